The van der Waals surface area contributed by atoms with Gasteiger partial charge in [0.25, 0.3) is 0 Å². The highest BCUT2D eigenvalue weighted by molar-refractivity contribution is 9.10. The molecule has 0 radical (unpaired) electrons. The van der Waals surface area contributed by atoms with Crippen LogP contribution >= 0.6 is 15.9 Å². The molecule has 1 aliphatic rings. The maximum absolute atomic E-state index is 13.2. The van der Waals surface area contributed by atoms with Gasteiger partial charge in [-0.25, -0.2) is 4.39 Å². The summed E-state index contributed by atoms with van der Waals surface area (Å²) in [5, 5.41) is 9.91. The van der Waals surface area contributed by atoms with Crippen molar-refractivity contribution in [1.29, 1.82) is 0 Å². The van der Waals surface area contributed by atoms with Crippen molar-refractivity contribution in [3.8, 4) is 0 Å². The lowest BCUT2D eigenvalue weighted by Crippen LogP contribution is -2.32. The number of hydrogen-bond donors (Lipinski definition) is 1. The molecule has 92 valence electrons. The van der Waals surface area contributed by atoms with Gasteiger partial charge in [-0.1, -0.05) is 15.9 Å². The number of hydrogen-bond acceptors (Lipinski definition) is 2. The lowest BCUT2D eigenvalue weighted by atomic mass is 9.97. The standard InChI is InChI=1S/C13H15BrFNO/c1-13(2,17)12-6-5-11(16-12)9-7-8(15)3-4-10(9)14/h3-4,7,12,17H,5-6H2,1-2H3/t12-/m1/s1. The fraction of sp³-hybridized carbons (Fsp3) is 0.462. The summed E-state index contributed by atoms with van der Waals surface area (Å²) in [6.45, 7) is 3.51. The summed E-state index contributed by atoms with van der Waals surface area (Å²) >= 11 is 3.40. The van der Waals surface area contributed by atoms with E-state index < -0.39 is 5.60 Å². The van der Waals surface area contributed by atoms with Crippen LogP contribution in [0.25, 0.3) is 0 Å². The highest BCUT2D eigenvalue weighted by Crippen LogP contribution is 2.29. The average Bonchev–Trinajstić information content (AvgIpc) is 2.70. The van der Waals surface area contributed by atoms with Gasteiger partial charge in [0.15, 0.2) is 0 Å². The molecule has 1 atom stereocenters. The van der Waals surface area contributed by atoms with Crippen LogP contribution in [0.15, 0.2) is 27.7 Å². The van der Waals surface area contributed by atoms with Gasteiger partial charge in [0.2, 0.25) is 0 Å². The molecular formula is C13H15BrFNO. The van der Waals surface area contributed by atoms with E-state index in [1.54, 1.807) is 19.9 Å². The van der Waals surface area contributed by atoms with E-state index in [4.69, 9.17) is 0 Å². The Morgan fingerprint density at radius 2 is 2.18 bits per heavy atom. The van der Waals surface area contributed by atoms with Crippen LogP contribution in [0.4, 0.5) is 4.39 Å². The molecule has 0 saturated carbocycles. The van der Waals surface area contributed by atoms with Gasteiger partial charge in [-0.15, -0.1) is 0 Å². The second-order valence-electron chi connectivity index (χ2n) is 4.91. The van der Waals surface area contributed by atoms with E-state index in [0.717, 1.165) is 28.6 Å². The normalized spacial score (nSPS) is 20.5. The molecule has 0 saturated heterocycles. The number of halogens is 2. The molecule has 4 heteroatoms. The molecule has 17 heavy (non-hydrogen) atoms. The van der Waals surface area contributed by atoms with E-state index in [0.29, 0.717) is 0 Å². The predicted octanol–water partition coefficient (Wildman–Crippen LogP) is 3.31. The maximum atomic E-state index is 13.2. The van der Waals surface area contributed by atoms with E-state index >= 15 is 0 Å². The van der Waals surface area contributed by atoms with Crippen molar-refractivity contribution < 1.29 is 9.50 Å². The zero-order chi connectivity index (χ0) is 12.6. The Labute approximate surface area is 109 Å². The minimum atomic E-state index is -0.818. The van der Waals surface area contributed by atoms with Crippen LogP contribution in [-0.4, -0.2) is 22.5 Å². The van der Waals surface area contributed by atoms with Crippen molar-refractivity contribution in [2.45, 2.75) is 38.3 Å². The Morgan fingerprint density at radius 1 is 1.47 bits per heavy atom. The number of rotatable bonds is 2. The van der Waals surface area contributed by atoms with Crippen LogP contribution in [-0.2, 0) is 0 Å². The first-order chi connectivity index (χ1) is 7.88. The topological polar surface area (TPSA) is 32.6 Å². The fourth-order valence-electron chi connectivity index (χ4n) is 2.02. The molecule has 1 aromatic rings. The van der Waals surface area contributed by atoms with Crippen LogP contribution in [0.2, 0.25) is 0 Å². The van der Waals surface area contributed by atoms with Crippen LogP contribution < -0.4 is 0 Å². The van der Waals surface area contributed by atoms with Gasteiger partial charge in [0.1, 0.15) is 5.82 Å². The molecule has 0 bridgehead atoms. The molecule has 1 aliphatic heterocycles. The lowest BCUT2D eigenvalue weighted by molar-refractivity contribution is 0.0535. The van der Waals surface area contributed by atoms with Crippen LogP contribution in [0.3, 0.4) is 0 Å². The first kappa shape index (κ1) is 12.7. The molecule has 0 aliphatic carbocycles. The van der Waals surface area contributed by atoms with Crippen molar-refractivity contribution in [2.75, 3.05) is 0 Å². The SMILES string of the molecule is CC(C)(O)[C@H]1CCC(c2cc(F)ccc2Br)=N1. The first-order valence-electron chi connectivity index (χ1n) is 5.62. The van der Waals surface area contributed by atoms with Crippen molar-refractivity contribution in [3.63, 3.8) is 0 Å². The minimum Gasteiger partial charge on any atom is -0.388 e. The highest BCUT2D eigenvalue weighted by atomic mass is 79.9. The Balaban J connectivity index is 2.33. The van der Waals surface area contributed by atoms with Crippen molar-refractivity contribution in [3.05, 3.63) is 34.1 Å². The van der Waals surface area contributed by atoms with Crippen LogP contribution in [0, 0.1) is 5.82 Å². The zero-order valence-electron chi connectivity index (χ0n) is 9.87. The second kappa shape index (κ2) is 4.50. The molecule has 1 heterocycles. The van der Waals surface area contributed by atoms with Gasteiger partial charge >= 0.3 is 0 Å². The molecule has 2 nitrogen and oxygen atoms in total. The highest BCUT2D eigenvalue weighted by Gasteiger charge is 2.31. The van der Waals surface area contributed by atoms with Gasteiger partial charge in [-0.3, -0.25) is 4.99 Å². The summed E-state index contributed by atoms with van der Waals surface area (Å²) in [5.41, 5.74) is 0.835. The number of aliphatic imine (C=N–C) groups is 1. The Kier molecular flexibility index (Phi) is 3.36. The quantitative estimate of drug-likeness (QED) is 0.893. The van der Waals surface area contributed by atoms with Gasteiger partial charge in [-0.2, -0.15) is 0 Å². The van der Waals surface area contributed by atoms with Gasteiger partial charge in [-0.05, 0) is 44.9 Å². The fourth-order valence-corrected chi connectivity index (χ4v) is 2.50. The predicted molar refractivity (Wildman–Crippen MR) is 70.0 cm³/mol. The Hall–Kier alpha value is -0.740. The summed E-state index contributed by atoms with van der Waals surface area (Å²) in [7, 11) is 0. The largest absolute Gasteiger partial charge is 0.388 e. The van der Waals surface area contributed by atoms with Crippen molar-refractivity contribution in [1.82, 2.24) is 0 Å². The van der Waals surface area contributed by atoms with Gasteiger partial charge in [0.05, 0.1) is 11.6 Å². The zero-order valence-corrected chi connectivity index (χ0v) is 11.5. The minimum absolute atomic E-state index is 0.104. The van der Waals surface area contributed by atoms with E-state index in [1.165, 1.54) is 12.1 Å². The molecule has 0 aromatic heterocycles. The summed E-state index contributed by atoms with van der Waals surface area (Å²) in [6, 6.07) is 4.48. The molecule has 2 rings (SSSR count). The molecule has 0 fully saturated rings. The van der Waals surface area contributed by atoms with E-state index in [9.17, 15) is 9.50 Å². The molecule has 1 aromatic carbocycles. The first-order valence-corrected chi connectivity index (χ1v) is 6.41. The number of nitrogens with zero attached hydrogens (tertiary/aromatic N) is 1. The summed E-state index contributed by atoms with van der Waals surface area (Å²) in [5.74, 6) is -0.266. The Bertz CT molecular complexity index is 465. The van der Waals surface area contributed by atoms with E-state index in [1.807, 2.05) is 0 Å². The van der Waals surface area contributed by atoms with Crippen LogP contribution in [0.5, 0.6) is 0 Å². The summed E-state index contributed by atoms with van der Waals surface area (Å²) < 4.78 is 14.0. The van der Waals surface area contributed by atoms with Crippen LogP contribution in [0.1, 0.15) is 32.3 Å². The number of benzene rings is 1. The van der Waals surface area contributed by atoms with E-state index in [-0.39, 0.29) is 11.9 Å². The van der Waals surface area contributed by atoms with Gasteiger partial charge in [0, 0.05) is 15.7 Å². The maximum Gasteiger partial charge on any atom is 0.123 e. The monoisotopic (exact) mass is 299 g/mol. The van der Waals surface area contributed by atoms with E-state index in [2.05, 4.69) is 20.9 Å². The smallest absolute Gasteiger partial charge is 0.123 e. The Morgan fingerprint density at radius 3 is 2.76 bits per heavy atom. The summed E-state index contributed by atoms with van der Waals surface area (Å²) in [4.78, 5) is 4.50. The second-order valence-corrected chi connectivity index (χ2v) is 5.76. The molecule has 0 spiro atoms. The molecular weight excluding hydrogens is 285 g/mol. The third-order valence-corrected chi connectivity index (χ3v) is 3.71. The average molecular weight is 300 g/mol. The summed E-state index contributed by atoms with van der Waals surface area (Å²) in [6.07, 6.45) is 1.58. The lowest BCUT2D eigenvalue weighted by Gasteiger charge is -2.22. The molecule has 0 amide bonds. The molecule has 0 unspecified atom stereocenters. The van der Waals surface area contributed by atoms with Crippen molar-refractivity contribution in [2.24, 2.45) is 4.99 Å². The molecule has 1 N–H and O–H groups in total. The third kappa shape index (κ3) is 2.75. The third-order valence-electron chi connectivity index (χ3n) is 3.02. The van der Waals surface area contributed by atoms with Crippen molar-refractivity contribution >= 4 is 21.6 Å². The van der Waals surface area contributed by atoms with Gasteiger partial charge < -0.3 is 5.11 Å². The number of aliphatic hydroxyl groups is 1.